The number of carbonyl (C=O) groups excluding carboxylic acids is 1. The second-order valence-corrected chi connectivity index (χ2v) is 10.8. The smallest absolute Gasteiger partial charge is 0.294 e. The molecule has 1 saturated heterocycles. The number of aromatic nitrogens is 1. The van der Waals surface area contributed by atoms with Crippen molar-refractivity contribution >= 4 is 11.7 Å². The number of anilines is 1. The van der Waals surface area contributed by atoms with Gasteiger partial charge < -0.3 is 14.6 Å². The number of carbonyl (C=O) groups is 1. The zero-order valence-corrected chi connectivity index (χ0v) is 24.1. The molecular formula is C29H51N5O5. The normalized spacial score (nSPS) is 13.9. The molecule has 2 rings (SSSR count). The molecule has 1 aliphatic heterocycles. The van der Waals surface area contributed by atoms with E-state index in [4.69, 9.17) is 0 Å². The fraction of sp³-hybridized carbons (Fsp3) is 0.793. The Hall–Kier alpha value is -2.46. The minimum Gasteiger partial charge on any atom is -0.354 e. The molecule has 0 atom stereocenters. The first kappa shape index (κ1) is 32.8. The van der Waals surface area contributed by atoms with E-state index in [0.29, 0.717) is 12.1 Å². The predicted octanol–water partition coefficient (Wildman–Crippen LogP) is 6.11. The Morgan fingerprint density at radius 1 is 0.872 bits per heavy atom. The van der Waals surface area contributed by atoms with Crippen LogP contribution in [0.15, 0.2) is 18.3 Å². The van der Waals surface area contributed by atoms with Gasteiger partial charge >= 0.3 is 0 Å². The molecule has 0 aliphatic carbocycles. The van der Waals surface area contributed by atoms with Crippen LogP contribution in [0.3, 0.4) is 0 Å². The molecule has 10 heteroatoms. The van der Waals surface area contributed by atoms with Crippen molar-refractivity contribution in [2.45, 2.75) is 103 Å². The average molecular weight is 550 g/mol. The van der Waals surface area contributed by atoms with Gasteiger partial charge in [0.1, 0.15) is 5.82 Å². The van der Waals surface area contributed by atoms with E-state index in [9.17, 15) is 20.1 Å². The van der Waals surface area contributed by atoms with Gasteiger partial charge in [-0.15, -0.1) is 10.1 Å². The largest absolute Gasteiger partial charge is 0.354 e. The summed E-state index contributed by atoms with van der Waals surface area (Å²) < 4.78 is 0. The maximum atomic E-state index is 12.5. The highest BCUT2D eigenvalue weighted by Gasteiger charge is 2.17. The third-order valence-corrected chi connectivity index (χ3v) is 7.52. The fourth-order valence-electron chi connectivity index (χ4n) is 4.96. The van der Waals surface area contributed by atoms with Crippen LogP contribution in [0.5, 0.6) is 0 Å². The Morgan fingerprint density at radius 2 is 1.36 bits per heavy atom. The van der Waals surface area contributed by atoms with Gasteiger partial charge in [-0.05, 0) is 32.0 Å². The summed E-state index contributed by atoms with van der Waals surface area (Å²) >= 11 is 0. The SMILES string of the molecule is CN1CCN(c2ccc(C(=O)N(O)CCCCCCCCCCCCCCCCCCO[N+](=O)[O-])cn2)CC1. The molecule has 0 saturated carbocycles. The Bertz CT molecular complexity index is 787. The molecule has 0 spiro atoms. The topological polar surface area (TPSA) is 112 Å². The summed E-state index contributed by atoms with van der Waals surface area (Å²) in [5.74, 6) is 0.501. The van der Waals surface area contributed by atoms with E-state index in [-0.39, 0.29) is 12.5 Å². The average Bonchev–Trinajstić information content (AvgIpc) is 2.94. The van der Waals surface area contributed by atoms with E-state index in [1.165, 1.54) is 64.2 Å². The molecule has 0 bridgehead atoms. The maximum absolute atomic E-state index is 12.5. The quantitative estimate of drug-likeness (QED) is 0.0797. The summed E-state index contributed by atoms with van der Waals surface area (Å²) in [5, 5.41) is 20.4. The first-order chi connectivity index (χ1) is 19.0. The molecule has 0 radical (unpaired) electrons. The van der Waals surface area contributed by atoms with Crippen molar-refractivity contribution < 1.29 is 19.9 Å². The molecule has 222 valence electrons. The Balaban J connectivity index is 1.37. The second-order valence-electron chi connectivity index (χ2n) is 10.8. The van der Waals surface area contributed by atoms with Crippen molar-refractivity contribution in [2.75, 3.05) is 51.3 Å². The van der Waals surface area contributed by atoms with Gasteiger partial charge in [-0.2, -0.15) is 0 Å². The Kier molecular flexibility index (Phi) is 17.2. The fourth-order valence-corrected chi connectivity index (χ4v) is 4.96. The first-order valence-corrected chi connectivity index (χ1v) is 15.1. The lowest BCUT2D eigenvalue weighted by atomic mass is 10.0. The van der Waals surface area contributed by atoms with Crippen molar-refractivity contribution in [3.05, 3.63) is 34.0 Å². The monoisotopic (exact) mass is 549 g/mol. The molecule has 1 N–H and O–H groups in total. The molecule has 1 aliphatic rings. The van der Waals surface area contributed by atoms with Crippen LogP contribution in [-0.2, 0) is 4.84 Å². The molecule has 39 heavy (non-hydrogen) atoms. The van der Waals surface area contributed by atoms with Crippen LogP contribution in [0, 0.1) is 10.1 Å². The van der Waals surface area contributed by atoms with Crippen molar-refractivity contribution in [1.29, 1.82) is 0 Å². The third-order valence-electron chi connectivity index (χ3n) is 7.52. The maximum Gasteiger partial charge on any atom is 0.294 e. The van der Waals surface area contributed by atoms with Gasteiger partial charge in [0.2, 0.25) is 0 Å². The second kappa shape index (κ2) is 20.4. The number of hydrogen-bond donors (Lipinski definition) is 1. The van der Waals surface area contributed by atoms with E-state index >= 15 is 0 Å². The van der Waals surface area contributed by atoms with Gasteiger partial charge in [0.05, 0.1) is 12.2 Å². The summed E-state index contributed by atoms with van der Waals surface area (Å²) in [4.78, 5) is 35.8. The van der Waals surface area contributed by atoms with Crippen LogP contribution in [0.4, 0.5) is 5.82 Å². The predicted molar refractivity (Wildman–Crippen MR) is 154 cm³/mol. The lowest BCUT2D eigenvalue weighted by Gasteiger charge is -2.33. The van der Waals surface area contributed by atoms with Crippen molar-refractivity contribution in [1.82, 2.24) is 14.9 Å². The van der Waals surface area contributed by atoms with Crippen molar-refractivity contribution in [3.63, 3.8) is 0 Å². The number of pyridine rings is 1. The van der Waals surface area contributed by atoms with E-state index in [1.54, 1.807) is 12.3 Å². The summed E-state index contributed by atoms with van der Waals surface area (Å²) in [7, 11) is 2.12. The molecule has 1 aromatic heterocycles. The zero-order valence-electron chi connectivity index (χ0n) is 24.1. The van der Waals surface area contributed by atoms with Crippen molar-refractivity contribution in [3.8, 4) is 0 Å². The van der Waals surface area contributed by atoms with Crippen LogP contribution in [-0.4, -0.2) is 77.5 Å². The van der Waals surface area contributed by atoms with E-state index < -0.39 is 5.09 Å². The minimum atomic E-state index is -0.717. The molecule has 1 fully saturated rings. The van der Waals surface area contributed by atoms with Crippen LogP contribution < -0.4 is 4.90 Å². The van der Waals surface area contributed by atoms with Crippen LogP contribution in [0.2, 0.25) is 0 Å². The van der Waals surface area contributed by atoms with E-state index in [2.05, 4.69) is 26.7 Å². The van der Waals surface area contributed by atoms with Gasteiger partial charge in [0.25, 0.3) is 11.0 Å². The molecule has 0 aromatic carbocycles. The van der Waals surface area contributed by atoms with Gasteiger partial charge in [-0.3, -0.25) is 10.0 Å². The molecular weight excluding hydrogens is 498 g/mol. The number of hydrogen-bond acceptors (Lipinski definition) is 8. The number of nitrogens with zero attached hydrogens (tertiary/aromatic N) is 5. The van der Waals surface area contributed by atoms with Gasteiger partial charge in [-0.1, -0.05) is 89.9 Å². The third kappa shape index (κ3) is 15.1. The molecule has 0 unspecified atom stereocenters. The minimum absolute atomic E-state index is 0.223. The first-order valence-electron chi connectivity index (χ1n) is 15.1. The summed E-state index contributed by atoms with van der Waals surface area (Å²) in [6.07, 6.45) is 20.2. The number of rotatable bonds is 22. The Morgan fingerprint density at radius 3 is 1.82 bits per heavy atom. The number of amides is 1. The van der Waals surface area contributed by atoms with Gasteiger partial charge in [0.15, 0.2) is 0 Å². The number of likely N-dealkylation sites (N-methyl/N-ethyl adjacent to an activating group) is 1. The molecule has 1 aromatic rings. The number of unbranched alkanes of at least 4 members (excludes halogenated alkanes) is 15. The van der Waals surface area contributed by atoms with Crippen LogP contribution >= 0.6 is 0 Å². The summed E-state index contributed by atoms with van der Waals surface area (Å²) in [6, 6.07) is 3.63. The Labute approximate surface area is 234 Å². The summed E-state index contributed by atoms with van der Waals surface area (Å²) in [5.41, 5.74) is 0.424. The summed E-state index contributed by atoms with van der Waals surface area (Å²) in [6.45, 7) is 4.45. The van der Waals surface area contributed by atoms with Gasteiger partial charge in [0, 0.05) is 38.9 Å². The standard InChI is InChI=1S/C29H51N5O5/c1-31-21-23-32(24-22-31)28-19-18-27(26-30-28)29(35)33(36)20-16-14-12-10-8-6-4-2-3-5-7-9-11-13-15-17-25-39-34(37)38/h18-19,26,36H,2-17,20-25H2,1H3. The lowest BCUT2D eigenvalue weighted by molar-refractivity contribution is -0.757. The van der Waals surface area contributed by atoms with Gasteiger partial charge in [-0.25, -0.2) is 10.0 Å². The lowest BCUT2D eigenvalue weighted by Crippen LogP contribution is -2.44. The number of hydroxylamine groups is 2. The van der Waals surface area contributed by atoms with E-state index in [1.807, 2.05) is 6.07 Å². The highest BCUT2D eigenvalue weighted by Crippen LogP contribution is 2.16. The van der Waals surface area contributed by atoms with E-state index in [0.717, 1.165) is 75.6 Å². The van der Waals surface area contributed by atoms with Crippen molar-refractivity contribution in [2.24, 2.45) is 0 Å². The van der Waals surface area contributed by atoms with Crippen LogP contribution in [0.1, 0.15) is 113 Å². The zero-order chi connectivity index (χ0) is 28.1. The number of piperazine rings is 1. The highest BCUT2D eigenvalue weighted by molar-refractivity contribution is 5.93. The molecule has 10 nitrogen and oxygen atoms in total. The highest BCUT2D eigenvalue weighted by atomic mass is 16.9. The molecule has 2 heterocycles. The molecule has 1 amide bonds. The van der Waals surface area contributed by atoms with Crippen LogP contribution in [0.25, 0.3) is 0 Å².